The van der Waals surface area contributed by atoms with Crippen molar-refractivity contribution in [3.63, 3.8) is 0 Å². The lowest BCUT2D eigenvalue weighted by molar-refractivity contribution is -0.131. The number of hydrogen-bond donors (Lipinski definition) is 1. The molecule has 7 nitrogen and oxygen atoms in total. The van der Waals surface area contributed by atoms with Crippen LogP contribution in [0.15, 0.2) is 53.1 Å². The normalized spacial score (nSPS) is 19.2. The van der Waals surface area contributed by atoms with E-state index in [1.165, 1.54) is 0 Å². The van der Waals surface area contributed by atoms with E-state index in [4.69, 9.17) is 16.1 Å². The van der Waals surface area contributed by atoms with E-state index < -0.39 is 11.6 Å². The molecule has 3 amide bonds. The second-order valence-electron chi connectivity index (χ2n) is 6.83. The lowest BCUT2D eigenvalue weighted by atomic mass is 9.91. The molecule has 0 aliphatic carbocycles. The Kier molecular flexibility index (Phi) is 4.39. The van der Waals surface area contributed by atoms with Gasteiger partial charge in [0.1, 0.15) is 12.1 Å². The van der Waals surface area contributed by atoms with Crippen LogP contribution in [0.1, 0.15) is 23.9 Å². The second kappa shape index (κ2) is 6.76. The number of aromatic nitrogens is 2. The minimum absolute atomic E-state index is 0.111. The summed E-state index contributed by atoms with van der Waals surface area (Å²) in [5.74, 6) is 0.126. The molecule has 2 heterocycles. The number of nitrogens with zero attached hydrogens (tertiary/aromatic N) is 3. The highest BCUT2D eigenvalue weighted by molar-refractivity contribution is 6.30. The lowest BCUT2D eigenvalue weighted by Gasteiger charge is -2.22. The Hall–Kier alpha value is -3.19. The highest BCUT2D eigenvalue weighted by atomic mass is 35.5. The van der Waals surface area contributed by atoms with Gasteiger partial charge in [-0.25, -0.2) is 4.79 Å². The largest absolute Gasteiger partial charge is 0.337 e. The summed E-state index contributed by atoms with van der Waals surface area (Å²) in [7, 11) is 0. The first-order chi connectivity index (χ1) is 13.4. The zero-order valence-corrected chi connectivity index (χ0v) is 16.0. The zero-order valence-electron chi connectivity index (χ0n) is 15.3. The van der Waals surface area contributed by atoms with E-state index >= 15 is 0 Å². The van der Waals surface area contributed by atoms with E-state index in [1.54, 1.807) is 31.2 Å². The van der Waals surface area contributed by atoms with Crippen LogP contribution in [0.2, 0.25) is 5.02 Å². The molecule has 3 aromatic rings. The molecule has 1 aliphatic rings. The number of hydrogen-bond acceptors (Lipinski definition) is 5. The van der Waals surface area contributed by atoms with Gasteiger partial charge in [0.25, 0.3) is 5.91 Å². The van der Waals surface area contributed by atoms with Gasteiger partial charge in [-0.15, -0.1) is 0 Å². The number of imide groups is 1. The molecule has 0 radical (unpaired) electrons. The van der Waals surface area contributed by atoms with Crippen molar-refractivity contribution < 1.29 is 14.1 Å². The third-order valence-corrected chi connectivity index (χ3v) is 4.98. The van der Waals surface area contributed by atoms with Crippen LogP contribution in [-0.4, -0.2) is 27.0 Å². The number of nitrogens with one attached hydrogen (secondary N) is 1. The van der Waals surface area contributed by atoms with E-state index in [1.807, 2.05) is 31.2 Å². The molecule has 142 valence electrons. The first-order valence-electron chi connectivity index (χ1n) is 8.66. The maximum absolute atomic E-state index is 13.0. The molecule has 0 spiro atoms. The maximum atomic E-state index is 13.0. The number of halogens is 1. The van der Waals surface area contributed by atoms with Crippen molar-refractivity contribution in [3.8, 4) is 11.4 Å². The van der Waals surface area contributed by atoms with Crippen LogP contribution < -0.4 is 5.32 Å². The minimum atomic E-state index is -1.14. The van der Waals surface area contributed by atoms with Gasteiger partial charge in [0.05, 0.1) is 0 Å². The molecule has 4 rings (SSSR count). The number of carbonyl (C=O) groups excluding carboxylic acids is 2. The van der Waals surface area contributed by atoms with E-state index in [2.05, 4.69) is 15.5 Å². The monoisotopic (exact) mass is 396 g/mol. The van der Waals surface area contributed by atoms with Gasteiger partial charge in [-0.2, -0.15) is 4.98 Å². The van der Waals surface area contributed by atoms with Crippen molar-refractivity contribution in [2.75, 3.05) is 0 Å². The molecule has 0 bridgehead atoms. The molecular weight excluding hydrogens is 380 g/mol. The Balaban J connectivity index is 1.56. The van der Waals surface area contributed by atoms with Gasteiger partial charge in [0.15, 0.2) is 0 Å². The molecule has 1 aromatic heterocycles. The molecule has 1 fully saturated rings. The third-order valence-electron chi connectivity index (χ3n) is 4.75. The van der Waals surface area contributed by atoms with Gasteiger partial charge in [0.2, 0.25) is 11.7 Å². The molecule has 0 saturated carbocycles. The van der Waals surface area contributed by atoms with Crippen molar-refractivity contribution in [3.05, 3.63) is 70.6 Å². The van der Waals surface area contributed by atoms with E-state index in [-0.39, 0.29) is 18.3 Å². The van der Waals surface area contributed by atoms with Crippen molar-refractivity contribution >= 4 is 23.5 Å². The molecule has 8 heteroatoms. The maximum Gasteiger partial charge on any atom is 0.325 e. The van der Waals surface area contributed by atoms with Crippen LogP contribution in [0.25, 0.3) is 11.4 Å². The average molecular weight is 397 g/mol. The fourth-order valence-corrected chi connectivity index (χ4v) is 3.31. The fraction of sp³-hybridized carbons (Fsp3) is 0.200. The summed E-state index contributed by atoms with van der Waals surface area (Å²) in [6, 6.07) is 14.0. The Bertz CT molecular complexity index is 1060. The van der Waals surface area contributed by atoms with Crippen LogP contribution >= 0.6 is 11.6 Å². The van der Waals surface area contributed by atoms with E-state index in [0.29, 0.717) is 22.0 Å². The van der Waals surface area contributed by atoms with Gasteiger partial charge in [-0.05, 0) is 31.5 Å². The molecule has 1 unspecified atom stereocenters. The second-order valence-corrected chi connectivity index (χ2v) is 7.27. The third kappa shape index (κ3) is 3.14. The number of benzene rings is 2. The number of urea groups is 1. The summed E-state index contributed by atoms with van der Waals surface area (Å²) in [6.45, 7) is 3.53. The Labute approximate surface area is 166 Å². The summed E-state index contributed by atoms with van der Waals surface area (Å²) in [4.78, 5) is 30.8. The number of aryl methyl sites for hydroxylation is 1. The van der Waals surface area contributed by atoms with E-state index in [9.17, 15) is 9.59 Å². The number of amides is 3. The molecule has 1 N–H and O–H groups in total. The molecule has 28 heavy (non-hydrogen) atoms. The molecular formula is C20H17ClN4O3. The van der Waals surface area contributed by atoms with Gasteiger partial charge < -0.3 is 9.84 Å². The molecule has 1 saturated heterocycles. The highest BCUT2D eigenvalue weighted by Gasteiger charge is 2.49. The molecule has 2 aromatic carbocycles. The smallest absolute Gasteiger partial charge is 0.325 e. The van der Waals surface area contributed by atoms with Crippen molar-refractivity contribution in [1.82, 2.24) is 20.4 Å². The summed E-state index contributed by atoms with van der Waals surface area (Å²) in [5.41, 5.74) is 1.33. The van der Waals surface area contributed by atoms with Crippen LogP contribution in [0.5, 0.6) is 0 Å². The predicted octanol–water partition coefficient (Wildman–Crippen LogP) is 3.67. The van der Waals surface area contributed by atoms with Gasteiger partial charge >= 0.3 is 6.03 Å². The Morgan fingerprint density at radius 1 is 1.18 bits per heavy atom. The Morgan fingerprint density at radius 2 is 1.93 bits per heavy atom. The summed E-state index contributed by atoms with van der Waals surface area (Å²) >= 11 is 5.98. The van der Waals surface area contributed by atoms with Crippen molar-refractivity contribution in [1.29, 1.82) is 0 Å². The van der Waals surface area contributed by atoms with Crippen LogP contribution in [0.4, 0.5) is 4.79 Å². The Morgan fingerprint density at radius 3 is 2.64 bits per heavy atom. The van der Waals surface area contributed by atoms with Crippen molar-refractivity contribution in [2.24, 2.45) is 0 Å². The lowest BCUT2D eigenvalue weighted by Crippen LogP contribution is -2.40. The first-order valence-corrected chi connectivity index (χ1v) is 9.04. The minimum Gasteiger partial charge on any atom is -0.337 e. The summed E-state index contributed by atoms with van der Waals surface area (Å²) < 4.78 is 5.23. The zero-order chi connectivity index (χ0) is 19.9. The average Bonchev–Trinajstić information content (AvgIpc) is 3.22. The number of carbonyl (C=O) groups is 2. The highest BCUT2D eigenvalue weighted by Crippen LogP contribution is 2.30. The van der Waals surface area contributed by atoms with Crippen LogP contribution in [-0.2, 0) is 16.9 Å². The van der Waals surface area contributed by atoms with Gasteiger partial charge in [-0.3, -0.25) is 9.69 Å². The topological polar surface area (TPSA) is 88.3 Å². The van der Waals surface area contributed by atoms with E-state index in [0.717, 1.165) is 10.5 Å². The number of rotatable bonds is 4. The van der Waals surface area contributed by atoms with Crippen LogP contribution in [0.3, 0.4) is 0 Å². The standard InChI is InChI=1S/C20H17ClN4O3/c1-12-6-8-14(9-7-12)20(2)18(26)25(19(27)23-20)11-16-22-17(24-28-16)13-4-3-5-15(21)10-13/h3-10H,11H2,1-2H3,(H,23,27). The van der Waals surface area contributed by atoms with Gasteiger partial charge in [0, 0.05) is 10.6 Å². The molecule has 1 aliphatic heterocycles. The van der Waals surface area contributed by atoms with Gasteiger partial charge in [-0.1, -0.05) is 58.7 Å². The summed E-state index contributed by atoms with van der Waals surface area (Å²) in [5, 5.41) is 7.22. The first kappa shape index (κ1) is 18.2. The van der Waals surface area contributed by atoms with Crippen LogP contribution in [0, 0.1) is 6.92 Å². The molecule has 1 atom stereocenters. The SMILES string of the molecule is Cc1ccc(C2(C)NC(=O)N(Cc3nc(-c4cccc(Cl)c4)no3)C2=O)cc1. The fourth-order valence-electron chi connectivity index (χ4n) is 3.12. The van der Waals surface area contributed by atoms with Crippen molar-refractivity contribution in [2.45, 2.75) is 25.9 Å². The quantitative estimate of drug-likeness (QED) is 0.680. The predicted molar refractivity (Wildman–Crippen MR) is 102 cm³/mol. The summed E-state index contributed by atoms with van der Waals surface area (Å²) in [6.07, 6.45) is 0.